The van der Waals surface area contributed by atoms with Gasteiger partial charge in [-0.2, -0.15) is 0 Å². The van der Waals surface area contributed by atoms with Crippen molar-refractivity contribution < 1.29 is 28.4 Å². The van der Waals surface area contributed by atoms with Crippen LogP contribution in [0.4, 0.5) is 0 Å². The third-order valence-electron chi connectivity index (χ3n) is 2.69. The Bertz CT molecular complexity index is 104. The molecule has 1 fully saturated rings. The number of hydrogen-bond acceptors (Lipinski definition) is 6. The first kappa shape index (κ1) is 17.8. The third-order valence-corrected chi connectivity index (χ3v) is 2.69. The van der Waals surface area contributed by atoms with Crippen LogP contribution in [-0.4, -0.2) is 79.3 Å². The molecule has 0 amide bonds. The highest BCUT2D eigenvalue weighted by molar-refractivity contribution is 4.41. The first-order valence-corrected chi connectivity index (χ1v) is 7.46. The molecule has 0 spiro atoms. The van der Waals surface area contributed by atoms with Crippen LogP contribution >= 0.6 is 0 Å². The molecule has 120 valence electrons. The van der Waals surface area contributed by atoms with Crippen molar-refractivity contribution in [1.29, 1.82) is 0 Å². The van der Waals surface area contributed by atoms with Gasteiger partial charge in [0, 0.05) is 13.2 Å². The average Bonchev–Trinajstić information content (AvgIpc) is 2.46. The van der Waals surface area contributed by atoms with Gasteiger partial charge in [-0.3, -0.25) is 0 Å². The molecule has 0 aromatic heterocycles. The van der Waals surface area contributed by atoms with Crippen molar-refractivity contribution in [3.05, 3.63) is 0 Å². The summed E-state index contributed by atoms with van der Waals surface area (Å²) < 4.78 is 32.4. The lowest BCUT2D eigenvalue weighted by Crippen LogP contribution is -2.14. The standard InChI is InChI=1S/C14H28O6/c1-2-4-16-6-8-18-10-12-20-14-13-19-11-9-17-7-5-15-3-1/h1-14H2. The van der Waals surface area contributed by atoms with Crippen LogP contribution in [-0.2, 0) is 28.4 Å². The fraction of sp³-hybridized carbons (Fsp3) is 1.00. The molecule has 0 saturated carbocycles. The number of rotatable bonds is 0. The van der Waals surface area contributed by atoms with E-state index in [2.05, 4.69) is 0 Å². The highest BCUT2D eigenvalue weighted by Crippen LogP contribution is 1.92. The Morgan fingerprint density at radius 2 is 0.450 bits per heavy atom. The van der Waals surface area contributed by atoms with E-state index in [4.69, 9.17) is 28.4 Å². The zero-order chi connectivity index (χ0) is 14.1. The lowest BCUT2D eigenvalue weighted by molar-refractivity contribution is -0.0200. The third kappa shape index (κ3) is 12.8. The fourth-order valence-electron chi connectivity index (χ4n) is 1.61. The molecule has 1 saturated heterocycles. The minimum Gasteiger partial charge on any atom is -0.379 e. The van der Waals surface area contributed by atoms with Crippen molar-refractivity contribution in [2.24, 2.45) is 0 Å². The van der Waals surface area contributed by atoms with Crippen LogP contribution in [0.1, 0.15) is 12.8 Å². The molecule has 0 aromatic rings. The summed E-state index contributed by atoms with van der Waals surface area (Å²) in [5.41, 5.74) is 0. The van der Waals surface area contributed by atoms with Gasteiger partial charge in [0.05, 0.1) is 66.1 Å². The molecule has 1 aliphatic heterocycles. The molecule has 0 radical (unpaired) electrons. The highest BCUT2D eigenvalue weighted by Gasteiger charge is 1.95. The average molecular weight is 292 g/mol. The summed E-state index contributed by atoms with van der Waals surface area (Å²) in [5, 5.41) is 0. The summed E-state index contributed by atoms with van der Waals surface area (Å²) in [5.74, 6) is 0. The summed E-state index contributed by atoms with van der Waals surface area (Å²) in [6, 6.07) is 0. The van der Waals surface area contributed by atoms with Crippen LogP contribution < -0.4 is 0 Å². The van der Waals surface area contributed by atoms with Gasteiger partial charge in [-0.05, 0) is 12.8 Å². The van der Waals surface area contributed by atoms with Crippen LogP contribution in [0.25, 0.3) is 0 Å². The molecule has 0 aromatic carbocycles. The summed E-state index contributed by atoms with van der Waals surface area (Å²) in [4.78, 5) is 0. The summed E-state index contributed by atoms with van der Waals surface area (Å²) in [6.07, 6.45) is 2.02. The van der Waals surface area contributed by atoms with Gasteiger partial charge in [0.2, 0.25) is 0 Å². The van der Waals surface area contributed by atoms with Crippen molar-refractivity contribution in [2.75, 3.05) is 79.3 Å². The van der Waals surface area contributed by atoms with Gasteiger partial charge < -0.3 is 28.4 Å². The number of hydrogen-bond donors (Lipinski definition) is 0. The molecule has 0 atom stereocenters. The van der Waals surface area contributed by atoms with E-state index in [1.807, 2.05) is 0 Å². The normalized spacial score (nSPS) is 24.0. The van der Waals surface area contributed by atoms with Gasteiger partial charge in [-0.15, -0.1) is 0 Å². The maximum absolute atomic E-state index is 5.45. The molecule has 6 nitrogen and oxygen atoms in total. The zero-order valence-corrected chi connectivity index (χ0v) is 12.3. The van der Waals surface area contributed by atoms with E-state index in [0.717, 1.165) is 26.1 Å². The molecular formula is C14H28O6. The topological polar surface area (TPSA) is 55.4 Å². The van der Waals surface area contributed by atoms with Crippen molar-refractivity contribution in [3.8, 4) is 0 Å². The first-order chi connectivity index (χ1) is 10.0. The summed E-state index contributed by atoms with van der Waals surface area (Å²) in [7, 11) is 0. The second-order valence-electron chi connectivity index (χ2n) is 4.38. The maximum Gasteiger partial charge on any atom is 0.0701 e. The van der Waals surface area contributed by atoms with Gasteiger partial charge in [0.25, 0.3) is 0 Å². The molecule has 1 heterocycles. The van der Waals surface area contributed by atoms with Gasteiger partial charge in [-0.1, -0.05) is 0 Å². The Morgan fingerprint density at radius 3 is 0.700 bits per heavy atom. The molecule has 0 unspecified atom stereocenters. The van der Waals surface area contributed by atoms with Crippen LogP contribution in [0.15, 0.2) is 0 Å². The molecule has 0 bridgehead atoms. The quantitative estimate of drug-likeness (QED) is 0.660. The zero-order valence-electron chi connectivity index (χ0n) is 12.3. The lowest BCUT2D eigenvalue weighted by atomic mass is 10.3. The van der Waals surface area contributed by atoms with Gasteiger partial charge in [-0.25, -0.2) is 0 Å². The molecule has 20 heavy (non-hydrogen) atoms. The largest absolute Gasteiger partial charge is 0.379 e. The minimum atomic E-state index is 0.586. The first-order valence-electron chi connectivity index (χ1n) is 7.46. The second kappa shape index (κ2) is 15.2. The van der Waals surface area contributed by atoms with E-state index < -0.39 is 0 Å². The minimum absolute atomic E-state index is 0.586. The van der Waals surface area contributed by atoms with Crippen molar-refractivity contribution in [2.45, 2.75) is 12.8 Å². The SMILES string of the molecule is C1CCOCCOCCOCCOCCOCCOC1. The Labute approximate surface area is 121 Å². The van der Waals surface area contributed by atoms with Crippen molar-refractivity contribution >= 4 is 0 Å². The summed E-state index contributed by atoms with van der Waals surface area (Å²) >= 11 is 0. The van der Waals surface area contributed by atoms with Crippen molar-refractivity contribution in [1.82, 2.24) is 0 Å². The molecular weight excluding hydrogens is 264 g/mol. The predicted molar refractivity (Wildman–Crippen MR) is 74.1 cm³/mol. The Hall–Kier alpha value is -0.240. The van der Waals surface area contributed by atoms with E-state index in [0.29, 0.717) is 66.1 Å². The van der Waals surface area contributed by atoms with Gasteiger partial charge >= 0.3 is 0 Å². The van der Waals surface area contributed by atoms with Crippen LogP contribution in [0, 0.1) is 0 Å². The maximum atomic E-state index is 5.45. The van der Waals surface area contributed by atoms with Crippen LogP contribution in [0.2, 0.25) is 0 Å². The van der Waals surface area contributed by atoms with E-state index in [-0.39, 0.29) is 0 Å². The molecule has 1 aliphatic rings. The van der Waals surface area contributed by atoms with E-state index in [1.165, 1.54) is 0 Å². The Balaban J connectivity index is 2.00. The molecule has 6 heteroatoms. The Kier molecular flexibility index (Phi) is 13.5. The van der Waals surface area contributed by atoms with E-state index in [1.54, 1.807) is 0 Å². The van der Waals surface area contributed by atoms with Gasteiger partial charge in [0.15, 0.2) is 0 Å². The van der Waals surface area contributed by atoms with E-state index >= 15 is 0 Å². The number of ether oxygens (including phenoxy) is 6. The van der Waals surface area contributed by atoms with E-state index in [9.17, 15) is 0 Å². The van der Waals surface area contributed by atoms with Crippen LogP contribution in [0.3, 0.4) is 0 Å². The lowest BCUT2D eigenvalue weighted by Gasteiger charge is -2.09. The van der Waals surface area contributed by atoms with Gasteiger partial charge in [0.1, 0.15) is 0 Å². The predicted octanol–water partition coefficient (Wildman–Crippen LogP) is 0.880. The second-order valence-corrected chi connectivity index (χ2v) is 4.38. The van der Waals surface area contributed by atoms with Crippen molar-refractivity contribution in [3.63, 3.8) is 0 Å². The monoisotopic (exact) mass is 292 g/mol. The highest BCUT2D eigenvalue weighted by atomic mass is 16.6. The van der Waals surface area contributed by atoms with Crippen LogP contribution in [0.5, 0.6) is 0 Å². The molecule has 1 rings (SSSR count). The smallest absolute Gasteiger partial charge is 0.0701 e. The molecule has 0 aliphatic carbocycles. The fourth-order valence-corrected chi connectivity index (χ4v) is 1.61. The summed E-state index contributed by atoms with van der Waals surface area (Å²) in [6.45, 7) is 7.59. The Morgan fingerprint density at radius 1 is 0.250 bits per heavy atom. The molecule has 0 N–H and O–H groups in total.